The minimum atomic E-state index is -0.957. The van der Waals surface area contributed by atoms with E-state index in [0.29, 0.717) is 6.54 Å². The Hall–Kier alpha value is -2.61. The number of carboxylic acid groups (broad SMARTS) is 1. The molecule has 2 aromatic rings. The van der Waals surface area contributed by atoms with E-state index in [9.17, 15) is 9.59 Å². The highest BCUT2D eigenvalue weighted by molar-refractivity contribution is 7.13. The Morgan fingerprint density at radius 2 is 1.96 bits per heavy atom. The van der Waals surface area contributed by atoms with Crippen LogP contribution in [-0.2, 0) is 6.54 Å². The molecule has 1 aliphatic heterocycles. The number of nitrogens with one attached hydrogen (secondary N) is 2. The quantitative estimate of drug-likeness (QED) is 0.761. The number of hydrogen-bond acceptors (Lipinski definition) is 5. The molecule has 0 saturated carbocycles. The molecule has 2 heterocycles. The maximum absolute atomic E-state index is 12.0. The average molecular weight is 360 g/mol. The Morgan fingerprint density at radius 3 is 2.56 bits per heavy atom. The van der Waals surface area contributed by atoms with Crippen molar-refractivity contribution >= 4 is 28.5 Å². The standard InChI is InChI=1S/C17H20N4O3S/c22-15(23)13-3-1-12(2-4-13)11-19-16(24)20-14-5-8-21(9-6-14)17-18-7-10-25-17/h1-4,7,10,14H,5-6,8-9,11H2,(H,22,23)(H2,19,20,24). The third-order valence-corrected chi connectivity index (χ3v) is 5.01. The number of carbonyl (C=O) groups is 2. The molecule has 0 radical (unpaired) electrons. The van der Waals surface area contributed by atoms with E-state index in [1.54, 1.807) is 29.7 Å². The van der Waals surface area contributed by atoms with E-state index >= 15 is 0 Å². The molecule has 0 atom stereocenters. The second kappa shape index (κ2) is 7.98. The molecule has 25 heavy (non-hydrogen) atoms. The minimum absolute atomic E-state index is 0.158. The van der Waals surface area contributed by atoms with Crippen molar-refractivity contribution in [2.75, 3.05) is 18.0 Å². The van der Waals surface area contributed by atoms with Crippen molar-refractivity contribution in [3.8, 4) is 0 Å². The van der Waals surface area contributed by atoms with Gasteiger partial charge in [-0.05, 0) is 30.5 Å². The SMILES string of the molecule is O=C(NCc1ccc(C(=O)O)cc1)NC1CCN(c2nccs2)CC1. The smallest absolute Gasteiger partial charge is 0.335 e. The van der Waals surface area contributed by atoms with Crippen molar-refractivity contribution in [1.29, 1.82) is 0 Å². The van der Waals surface area contributed by atoms with E-state index in [1.807, 2.05) is 5.38 Å². The number of amides is 2. The fraction of sp³-hybridized carbons (Fsp3) is 0.353. The molecule has 0 unspecified atom stereocenters. The lowest BCUT2D eigenvalue weighted by molar-refractivity contribution is 0.0697. The van der Waals surface area contributed by atoms with Crippen LogP contribution in [0.25, 0.3) is 0 Å². The van der Waals surface area contributed by atoms with Crippen LogP contribution in [0.15, 0.2) is 35.8 Å². The molecule has 0 aliphatic carbocycles. The lowest BCUT2D eigenvalue weighted by Crippen LogP contribution is -2.47. The van der Waals surface area contributed by atoms with Gasteiger partial charge in [0.25, 0.3) is 0 Å². The third-order valence-electron chi connectivity index (χ3n) is 4.17. The highest BCUT2D eigenvalue weighted by atomic mass is 32.1. The fourth-order valence-corrected chi connectivity index (χ4v) is 3.47. The van der Waals surface area contributed by atoms with Crippen LogP contribution in [-0.4, -0.2) is 41.2 Å². The second-order valence-corrected chi connectivity index (χ2v) is 6.78. The summed E-state index contributed by atoms with van der Waals surface area (Å²) < 4.78 is 0. The molecular formula is C17H20N4O3S. The van der Waals surface area contributed by atoms with E-state index in [2.05, 4.69) is 20.5 Å². The topological polar surface area (TPSA) is 94.6 Å². The van der Waals surface area contributed by atoms with E-state index in [1.165, 1.54) is 12.1 Å². The van der Waals surface area contributed by atoms with E-state index in [-0.39, 0.29) is 17.6 Å². The Kier molecular flexibility index (Phi) is 5.49. The van der Waals surface area contributed by atoms with Crippen molar-refractivity contribution in [3.63, 3.8) is 0 Å². The summed E-state index contributed by atoms with van der Waals surface area (Å²) in [5.74, 6) is -0.957. The minimum Gasteiger partial charge on any atom is -0.478 e. The van der Waals surface area contributed by atoms with E-state index in [0.717, 1.165) is 36.6 Å². The van der Waals surface area contributed by atoms with Crippen LogP contribution in [0.2, 0.25) is 0 Å². The monoisotopic (exact) mass is 360 g/mol. The first-order valence-electron chi connectivity index (χ1n) is 8.13. The van der Waals surface area contributed by atoms with Gasteiger partial charge in [0, 0.05) is 37.3 Å². The molecule has 0 bridgehead atoms. The Balaban J connectivity index is 1.40. The van der Waals surface area contributed by atoms with Gasteiger partial charge in [0.2, 0.25) is 0 Å². The van der Waals surface area contributed by atoms with Crippen LogP contribution in [0.3, 0.4) is 0 Å². The van der Waals surface area contributed by atoms with Gasteiger partial charge < -0.3 is 20.6 Å². The van der Waals surface area contributed by atoms with Crippen molar-refractivity contribution in [1.82, 2.24) is 15.6 Å². The first-order chi connectivity index (χ1) is 12.1. The van der Waals surface area contributed by atoms with Gasteiger partial charge >= 0.3 is 12.0 Å². The summed E-state index contributed by atoms with van der Waals surface area (Å²) in [5.41, 5.74) is 1.10. The number of hydrogen-bond donors (Lipinski definition) is 3. The van der Waals surface area contributed by atoms with Gasteiger partial charge in [-0.3, -0.25) is 0 Å². The molecule has 1 aromatic heterocycles. The lowest BCUT2D eigenvalue weighted by Gasteiger charge is -2.32. The zero-order chi connectivity index (χ0) is 17.6. The molecule has 3 rings (SSSR count). The van der Waals surface area contributed by atoms with E-state index < -0.39 is 5.97 Å². The Morgan fingerprint density at radius 1 is 1.24 bits per heavy atom. The van der Waals surface area contributed by atoms with Gasteiger partial charge in [0.1, 0.15) is 0 Å². The molecular weight excluding hydrogens is 340 g/mol. The van der Waals surface area contributed by atoms with Crippen LogP contribution in [0.4, 0.5) is 9.93 Å². The van der Waals surface area contributed by atoms with Gasteiger partial charge in [0.05, 0.1) is 5.56 Å². The average Bonchev–Trinajstić information content (AvgIpc) is 3.15. The predicted molar refractivity (Wildman–Crippen MR) is 96.1 cm³/mol. The third kappa shape index (κ3) is 4.69. The summed E-state index contributed by atoms with van der Waals surface area (Å²) in [6.45, 7) is 2.13. The summed E-state index contributed by atoms with van der Waals surface area (Å²) in [6, 6.07) is 6.43. The predicted octanol–water partition coefficient (Wildman–Crippen LogP) is 2.31. The zero-order valence-electron chi connectivity index (χ0n) is 13.6. The molecule has 1 saturated heterocycles. The molecule has 2 amide bonds. The first kappa shape index (κ1) is 17.2. The maximum atomic E-state index is 12.0. The molecule has 8 heteroatoms. The lowest BCUT2D eigenvalue weighted by atomic mass is 10.1. The highest BCUT2D eigenvalue weighted by Crippen LogP contribution is 2.21. The van der Waals surface area contributed by atoms with Crippen LogP contribution < -0.4 is 15.5 Å². The van der Waals surface area contributed by atoms with E-state index in [4.69, 9.17) is 5.11 Å². The van der Waals surface area contributed by atoms with Crippen molar-refractivity contribution in [2.24, 2.45) is 0 Å². The maximum Gasteiger partial charge on any atom is 0.335 e. The highest BCUT2D eigenvalue weighted by Gasteiger charge is 2.21. The number of carbonyl (C=O) groups excluding carboxylic acids is 1. The van der Waals surface area contributed by atoms with Crippen LogP contribution >= 0.6 is 11.3 Å². The molecule has 132 valence electrons. The molecule has 0 spiro atoms. The van der Waals surface area contributed by atoms with Crippen molar-refractivity contribution in [3.05, 3.63) is 47.0 Å². The molecule has 1 aliphatic rings. The number of carboxylic acids is 1. The molecule has 7 nitrogen and oxygen atoms in total. The molecule has 1 fully saturated rings. The number of thiazole rings is 1. The first-order valence-corrected chi connectivity index (χ1v) is 9.01. The van der Waals surface area contributed by atoms with Gasteiger partial charge in [-0.1, -0.05) is 12.1 Å². The fourth-order valence-electron chi connectivity index (χ4n) is 2.77. The number of nitrogens with zero attached hydrogens (tertiary/aromatic N) is 2. The van der Waals surface area contributed by atoms with Gasteiger partial charge in [-0.15, -0.1) is 11.3 Å². The number of urea groups is 1. The summed E-state index contributed by atoms with van der Waals surface area (Å²) in [7, 11) is 0. The van der Waals surface area contributed by atoms with Crippen LogP contribution in [0.5, 0.6) is 0 Å². The summed E-state index contributed by atoms with van der Waals surface area (Å²) in [6.07, 6.45) is 3.58. The number of aromatic nitrogens is 1. The van der Waals surface area contributed by atoms with Crippen LogP contribution in [0, 0.1) is 0 Å². The Labute approximate surface area is 149 Å². The van der Waals surface area contributed by atoms with Crippen molar-refractivity contribution < 1.29 is 14.7 Å². The summed E-state index contributed by atoms with van der Waals surface area (Å²) in [5, 5.41) is 17.7. The Bertz CT molecular complexity index is 710. The number of piperidine rings is 1. The second-order valence-electron chi connectivity index (χ2n) is 5.91. The molecule has 1 aromatic carbocycles. The normalized spacial score (nSPS) is 15.0. The number of anilines is 1. The molecule has 3 N–H and O–H groups in total. The van der Waals surface area contributed by atoms with Crippen LogP contribution in [0.1, 0.15) is 28.8 Å². The summed E-state index contributed by atoms with van der Waals surface area (Å²) in [4.78, 5) is 29.4. The number of benzene rings is 1. The number of rotatable bonds is 5. The van der Waals surface area contributed by atoms with Gasteiger partial charge in [-0.25, -0.2) is 14.6 Å². The largest absolute Gasteiger partial charge is 0.478 e. The number of aromatic carboxylic acids is 1. The van der Waals surface area contributed by atoms with Gasteiger partial charge in [-0.2, -0.15) is 0 Å². The zero-order valence-corrected chi connectivity index (χ0v) is 14.5. The summed E-state index contributed by atoms with van der Waals surface area (Å²) >= 11 is 1.63. The van der Waals surface area contributed by atoms with Crippen molar-refractivity contribution in [2.45, 2.75) is 25.4 Å². The van der Waals surface area contributed by atoms with Gasteiger partial charge in [0.15, 0.2) is 5.13 Å².